The van der Waals surface area contributed by atoms with Gasteiger partial charge in [0.05, 0.1) is 0 Å². The molecule has 3 aliphatic carbocycles. The lowest BCUT2D eigenvalue weighted by molar-refractivity contribution is 0.404. The van der Waals surface area contributed by atoms with Crippen LogP contribution < -0.4 is 0 Å². The topological polar surface area (TPSA) is 0 Å². The third-order valence-electron chi connectivity index (χ3n) is 4.97. The zero-order valence-electron chi connectivity index (χ0n) is 10.8. The SMILES string of the molecule is CC1=CC(CC2CCCC3=C2CCC3I)CC1. The lowest BCUT2D eigenvalue weighted by Crippen LogP contribution is -2.14. The molecule has 0 aromatic carbocycles. The van der Waals surface area contributed by atoms with E-state index in [0.29, 0.717) is 0 Å². The molecule has 0 heterocycles. The van der Waals surface area contributed by atoms with E-state index in [2.05, 4.69) is 35.6 Å². The Morgan fingerprint density at radius 2 is 2.00 bits per heavy atom. The van der Waals surface area contributed by atoms with E-state index >= 15 is 0 Å². The molecule has 0 nitrogen and oxygen atoms in total. The maximum atomic E-state index is 2.67. The molecule has 0 radical (unpaired) electrons. The van der Waals surface area contributed by atoms with Gasteiger partial charge in [-0.3, -0.25) is 0 Å². The first-order valence-corrected chi connectivity index (χ1v) is 8.52. The highest BCUT2D eigenvalue weighted by molar-refractivity contribution is 14.1. The van der Waals surface area contributed by atoms with Crippen molar-refractivity contribution in [3.63, 3.8) is 0 Å². The second kappa shape index (κ2) is 5.07. The predicted molar refractivity (Wildman–Crippen MR) is 82.5 cm³/mol. The van der Waals surface area contributed by atoms with E-state index in [1.807, 2.05) is 11.1 Å². The van der Waals surface area contributed by atoms with E-state index in [9.17, 15) is 0 Å². The van der Waals surface area contributed by atoms with Crippen LogP contribution in [-0.2, 0) is 0 Å². The largest absolute Gasteiger partial charge is 0.0825 e. The molecule has 0 fully saturated rings. The molecule has 3 unspecified atom stereocenters. The minimum atomic E-state index is 0.881. The van der Waals surface area contributed by atoms with Crippen LogP contribution in [0.3, 0.4) is 0 Å². The number of allylic oxidation sites excluding steroid dienone is 4. The number of hydrogen-bond acceptors (Lipinski definition) is 0. The molecule has 0 amide bonds. The van der Waals surface area contributed by atoms with Crippen molar-refractivity contribution in [1.29, 1.82) is 0 Å². The van der Waals surface area contributed by atoms with Crippen molar-refractivity contribution in [3.8, 4) is 0 Å². The summed E-state index contributed by atoms with van der Waals surface area (Å²) in [4.78, 5) is 0. The van der Waals surface area contributed by atoms with Gasteiger partial charge in [-0.05, 0) is 70.1 Å². The van der Waals surface area contributed by atoms with E-state index in [4.69, 9.17) is 0 Å². The standard InChI is InChI=1S/C16H23I/c1-11-5-6-12(9-11)10-13-3-2-4-15-14(13)7-8-16(15)17/h9,12-13,16H,2-8,10H2,1H3. The molecular weight excluding hydrogens is 319 g/mol. The summed E-state index contributed by atoms with van der Waals surface area (Å²) in [5, 5.41) is 0. The highest BCUT2D eigenvalue weighted by atomic mass is 127. The highest BCUT2D eigenvalue weighted by Gasteiger charge is 2.32. The number of rotatable bonds is 2. The van der Waals surface area contributed by atoms with Crippen LogP contribution in [-0.4, -0.2) is 3.92 Å². The fraction of sp³-hybridized carbons (Fsp3) is 0.750. The molecule has 94 valence electrons. The summed E-state index contributed by atoms with van der Waals surface area (Å²) in [6.07, 6.45) is 14.0. The van der Waals surface area contributed by atoms with Gasteiger partial charge in [-0.25, -0.2) is 0 Å². The maximum Gasteiger partial charge on any atom is 0.0324 e. The van der Waals surface area contributed by atoms with Crippen LogP contribution in [0.25, 0.3) is 0 Å². The average Bonchev–Trinajstić information content (AvgIpc) is 2.88. The minimum absolute atomic E-state index is 0.881. The lowest BCUT2D eigenvalue weighted by atomic mass is 9.79. The zero-order chi connectivity index (χ0) is 11.8. The van der Waals surface area contributed by atoms with Crippen molar-refractivity contribution < 1.29 is 0 Å². The van der Waals surface area contributed by atoms with Crippen molar-refractivity contribution >= 4 is 22.6 Å². The number of halogens is 1. The Labute approximate surface area is 119 Å². The summed E-state index contributed by atoms with van der Waals surface area (Å²) < 4.78 is 0.881. The molecule has 0 aliphatic heterocycles. The first-order valence-electron chi connectivity index (χ1n) is 7.27. The Hall–Kier alpha value is 0.210. The molecule has 0 bridgehead atoms. The molecule has 3 atom stereocenters. The van der Waals surface area contributed by atoms with Crippen LogP contribution in [0.15, 0.2) is 22.8 Å². The second-order valence-corrected chi connectivity index (χ2v) is 7.70. The van der Waals surface area contributed by atoms with E-state index in [1.54, 1.807) is 5.57 Å². The van der Waals surface area contributed by atoms with Crippen molar-refractivity contribution in [2.24, 2.45) is 11.8 Å². The van der Waals surface area contributed by atoms with Crippen LogP contribution >= 0.6 is 22.6 Å². The molecule has 1 heteroatoms. The lowest BCUT2D eigenvalue weighted by Gasteiger charge is -2.27. The van der Waals surface area contributed by atoms with Crippen LogP contribution in [0.1, 0.15) is 58.3 Å². The smallest absolute Gasteiger partial charge is 0.0324 e. The van der Waals surface area contributed by atoms with Gasteiger partial charge in [-0.2, -0.15) is 0 Å². The molecule has 0 aromatic rings. The van der Waals surface area contributed by atoms with Gasteiger partial charge in [-0.15, -0.1) is 0 Å². The highest BCUT2D eigenvalue weighted by Crippen LogP contribution is 2.46. The summed E-state index contributed by atoms with van der Waals surface area (Å²) in [5.74, 6) is 1.85. The fourth-order valence-electron chi connectivity index (χ4n) is 4.11. The molecule has 0 aromatic heterocycles. The molecular formula is C16H23I. The maximum absolute atomic E-state index is 2.67. The number of alkyl halides is 1. The van der Waals surface area contributed by atoms with Crippen molar-refractivity contribution in [2.45, 2.75) is 62.2 Å². The Morgan fingerprint density at radius 3 is 2.76 bits per heavy atom. The van der Waals surface area contributed by atoms with Gasteiger partial charge < -0.3 is 0 Å². The van der Waals surface area contributed by atoms with Gasteiger partial charge in [0.2, 0.25) is 0 Å². The third-order valence-corrected chi connectivity index (χ3v) is 6.34. The third kappa shape index (κ3) is 2.50. The van der Waals surface area contributed by atoms with Gasteiger partial charge in [-0.1, -0.05) is 45.4 Å². The summed E-state index contributed by atoms with van der Waals surface area (Å²) >= 11 is 2.67. The van der Waals surface area contributed by atoms with Crippen LogP contribution in [0, 0.1) is 11.8 Å². The first-order chi connectivity index (χ1) is 8.24. The van der Waals surface area contributed by atoms with E-state index in [-0.39, 0.29) is 0 Å². The van der Waals surface area contributed by atoms with Crippen molar-refractivity contribution in [3.05, 3.63) is 22.8 Å². The quantitative estimate of drug-likeness (QED) is 0.357. The Morgan fingerprint density at radius 1 is 1.12 bits per heavy atom. The van der Waals surface area contributed by atoms with Crippen molar-refractivity contribution in [1.82, 2.24) is 0 Å². The summed E-state index contributed by atoms with van der Waals surface area (Å²) in [5.41, 5.74) is 5.40. The number of hydrogen-bond donors (Lipinski definition) is 0. The molecule has 17 heavy (non-hydrogen) atoms. The summed E-state index contributed by atoms with van der Waals surface area (Å²) in [7, 11) is 0. The Balaban J connectivity index is 1.71. The van der Waals surface area contributed by atoms with Gasteiger partial charge in [0.25, 0.3) is 0 Å². The van der Waals surface area contributed by atoms with Gasteiger partial charge >= 0.3 is 0 Å². The van der Waals surface area contributed by atoms with Gasteiger partial charge in [0.15, 0.2) is 0 Å². The molecule has 0 saturated heterocycles. The van der Waals surface area contributed by atoms with E-state index < -0.39 is 0 Å². The van der Waals surface area contributed by atoms with Crippen LogP contribution in [0.5, 0.6) is 0 Å². The van der Waals surface area contributed by atoms with Crippen molar-refractivity contribution in [2.75, 3.05) is 0 Å². The van der Waals surface area contributed by atoms with Gasteiger partial charge in [0.1, 0.15) is 0 Å². The Kier molecular flexibility index (Phi) is 3.65. The molecule has 0 N–H and O–H groups in total. The van der Waals surface area contributed by atoms with Gasteiger partial charge in [0, 0.05) is 3.92 Å². The summed E-state index contributed by atoms with van der Waals surface area (Å²) in [6.45, 7) is 2.31. The van der Waals surface area contributed by atoms with E-state index in [0.717, 1.165) is 15.8 Å². The fourth-order valence-corrected chi connectivity index (χ4v) is 5.13. The molecule has 3 aliphatic rings. The second-order valence-electron chi connectivity index (χ2n) is 6.19. The normalized spacial score (nSPS) is 37.3. The van der Waals surface area contributed by atoms with Crippen LogP contribution in [0.4, 0.5) is 0 Å². The predicted octanol–water partition coefficient (Wildman–Crippen LogP) is 5.43. The Bertz CT molecular complexity index is 364. The summed E-state index contributed by atoms with van der Waals surface area (Å²) in [6, 6.07) is 0. The minimum Gasteiger partial charge on any atom is -0.0825 e. The molecule has 0 spiro atoms. The monoisotopic (exact) mass is 342 g/mol. The first kappa shape index (κ1) is 12.3. The molecule has 0 saturated carbocycles. The van der Waals surface area contributed by atoms with Crippen LogP contribution in [0.2, 0.25) is 0 Å². The zero-order valence-corrected chi connectivity index (χ0v) is 13.0. The molecule has 3 rings (SSSR count). The average molecular weight is 342 g/mol. The van der Waals surface area contributed by atoms with E-state index in [1.165, 1.54) is 51.4 Å².